The molecular weight excluding hydrogens is 422 g/mol. The van der Waals surface area contributed by atoms with Crippen LogP contribution >= 0.6 is 11.3 Å². The molecule has 0 spiro atoms. The molecule has 0 saturated carbocycles. The van der Waals surface area contributed by atoms with Crippen molar-refractivity contribution in [3.63, 3.8) is 0 Å². The molecule has 0 aliphatic rings. The van der Waals surface area contributed by atoms with E-state index in [4.69, 9.17) is 4.98 Å². The number of rotatable bonds is 4. The summed E-state index contributed by atoms with van der Waals surface area (Å²) in [7, 11) is -1.79. The number of hydrogen-bond acceptors (Lipinski definition) is 2. The largest absolute Gasteiger partial charge is 0.255 e. The first kappa shape index (κ1) is 21.1. The van der Waals surface area contributed by atoms with Gasteiger partial charge < -0.3 is 0 Å². The van der Waals surface area contributed by atoms with Crippen molar-refractivity contribution in [3.05, 3.63) is 90.1 Å². The minimum Gasteiger partial charge on any atom is -0.255 e. The normalized spacial score (nSPS) is 12.2. The summed E-state index contributed by atoms with van der Waals surface area (Å²) >= 11 is 1.97. The van der Waals surface area contributed by atoms with Gasteiger partial charge in [-0.15, -0.1) is 11.3 Å². The number of hydrogen-bond donors (Lipinski definition) is 0. The smallest absolute Gasteiger partial charge is 0.125 e. The molecule has 0 atom stereocenters. The predicted molar refractivity (Wildman–Crippen MR) is 145 cm³/mol. The molecular formula is C29H29NSSi. The summed E-state index contributed by atoms with van der Waals surface area (Å²) in [5.41, 5.74) is 5.17. The van der Waals surface area contributed by atoms with E-state index in [0.717, 1.165) is 5.69 Å². The van der Waals surface area contributed by atoms with Gasteiger partial charge in [-0.1, -0.05) is 86.7 Å². The van der Waals surface area contributed by atoms with Crippen LogP contribution < -0.4 is 9.69 Å². The van der Waals surface area contributed by atoms with E-state index in [9.17, 15) is 0 Å². The molecule has 0 unspecified atom stereocenters. The van der Waals surface area contributed by atoms with Crippen LogP contribution in [0.2, 0.25) is 13.1 Å². The molecule has 160 valence electrons. The van der Waals surface area contributed by atoms with E-state index >= 15 is 0 Å². The van der Waals surface area contributed by atoms with Crippen molar-refractivity contribution in [1.29, 1.82) is 0 Å². The van der Waals surface area contributed by atoms with E-state index < -0.39 is 8.07 Å². The van der Waals surface area contributed by atoms with Gasteiger partial charge in [0.1, 0.15) is 8.07 Å². The van der Waals surface area contributed by atoms with Gasteiger partial charge in [-0.2, -0.15) is 0 Å². The number of fused-ring (bicyclic) bond motifs is 2. The average molecular weight is 452 g/mol. The van der Waals surface area contributed by atoms with E-state index in [1.165, 1.54) is 42.7 Å². The molecule has 0 bridgehead atoms. The number of aryl methyl sites for hydroxylation is 1. The van der Waals surface area contributed by atoms with Gasteiger partial charge in [-0.25, -0.2) is 0 Å². The molecule has 1 nitrogen and oxygen atoms in total. The van der Waals surface area contributed by atoms with E-state index in [1.54, 1.807) is 4.50 Å². The Bertz CT molecular complexity index is 1430. The Morgan fingerprint density at radius 2 is 1.56 bits per heavy atom. The molecule has 0 N–H and O–H groups in total. The molecule has 0 radical (unpaired) electrons. The summed E-state index contributed by atoms with van der Waals surface area (Å²) in [4.78, 5) is 4.92. The number of thiophene rings is 1. The first-order chi connectivity index (χ1) is 15.4. The number of nitrogens with zero attached hydrogens (tertiary/aromatic N) is 1. The molecule has 5 aromatic rings. The third kappa shape index (κ3) is 3.40. The van der Waals surface area contributed by atoms with Crippen molar-refractivity contribution in [2.45, 2.75) is 39.8 Å². The molecule has 3 heteroatoms. The van der Waals surface area contributed by atoms with Gasteiger partial charge in [0, 0.05) is 11.8 Å². The average Bonchev–Trinajstić information content (AvgIpc) is 3.16. The predicted octanol–water partition coefficient (Wildman–Crippen LogP) is 7.37. The standard InChI is InChI=1S/C29H29NSSi/c1-19(2)26-18-22(17-21-11-9-10-14-25(21)26)27-28-24(15-16-30-27)20(3)29(31-28)32(4,5)23-12-7-6-8-13-23/h6-19H,1-5H3. The Kier molecular flexibility index (Phi) is 5.27. The van der Waals surface area contributed by atoms with Gasteiger partial charge in [0.15, 0.2) is 0 Å². The fraction of sp³-hybridized carbons (Fsp3) is 0.207. The summed E-state index contributed by atoms with van der Waals surface area (Å²) in [6.07, 6.45) is 1.99. The second kappa shape index (κ2) is 7.98. The maximum absolute atomic E-state index is 4.92. The lowest BCUT2D eigenvalue weighted by Gasteiger charge is -2.22. The lowest BCUT2D eigenvalue weighted by Crippen LogP contribution is -2.52. The zero-order chi connectivity index (χ0) is 22.5. The van der Waals surface area contributed by atoms with E-state index in [1.807, 2.05) is 17.5 Å². The summed E-state index contributed by atoms with van der Waals surface area (Å²) in [5.74, 6) is 0.462. The maximum Gasteiger partial charge on any atom is 0.125 e. The number of benzene rings is 3. The van der Waals surface area contributed by atoms with Crippen molar-refractivity contribution in [2.24, 2.45) is 0 Å². The van der Waals surface area contributed by atoms with Crippen molar-refractivity contribution < 1.29 is 0 Å². The Morgan fingerprint density at radius 1 is 0.844 bits per heavy atom. The summed E-state index contributed by atoms with van der Waals surface area (Å²) < 4.78 is 2.87. The van der Waals surface area contributed by atoms with Crippen molar-refractivity contribution in [3.8, 4) is 11.3 Å². The van der Waals surface area contributed by atoms with Crippen LogP contribution in [0.3, 0.4) is 0 Å². The molecule has 0 saturated heterocycles. The molecule has 2 aromatic heterocycles. The SMILES string of the molecule is Cc1c([Si](C)(C)c2ccccc2)sc2c(-c3cc(C(C)C)c4ccccc4c3)nccc12. The van der Waals surface area contributed by atoms with Gasteiger partial charge in [-0.05, 0) is 62.8 Å². The first-order valence-corrected chi connectivity index (χ1v) is 15.2. The maximum atomic E-state index is 4.92. The lowest BCUT2D eigenvalue weighted by atomic mass is 9.92. The van der Waals surface area contributed by atoms with Gasteiger partial charge >= 0.3 is 0 Å². The zero-order valence-corrected chi connectivity index (χ0v) is 21.3. The van der Waals surface area contributed by atoms with E-state index in [0.29, 0.717) is 5.92 Å². The number of aromatic nitrogens is 1. The minimum atomic E-state index is -1.79. The van der Waals surface area contributed by atoms with Gasteiger partial charge in [0.25, 0.3) is 0 Å². The highest BCUT2D eigenvalue weighted by molar-refractivity contribution is 7.34. The van der Waals surface area contributed by atoms with Crippen molar-refractivity contribution >= 4 is 50.0 Å². The quantitative estimate of drug-likeness (QED) is 0.260. The van der Waals surface area contributed by atoms with Gasteiger partial charge in [0.2, 0.25) is 0 Å². The summed E-state index contributed by atoms with van der Waals surface area (Å²) in [6, 6.07) is 26.7. The van der Waals surface area contributed by atoms with Crippen LogP contribution in [0.25, 0.3) is 32.1 Å². The third-order valence-electron chi connectivity index (χ3n) is 6.71. The fourth-order valence-corrected chi connectivity index (χ4v) is 10.00. The van der Waals surface area contributed by atoms with Crippen LogP contribution in [-0.4, -0.2) is 13.1 Å². The molecule has 3 aromatic carbocycles. The Hall–Kier alpha value is -2.75. The summed E-state index contributed by atoms with van der Waals surface area (Å²) in [5, 5.41) is 5.47. The second-order valence-electron chi connectivity index (χ2n) is 9.52. The van der Waals surface area contributed by atoms with Crippen LogP contribution in [-0.2, 0) is 0 Å². The lowest BCUT2D eigenvalue weighted by molar-refractivity contribution is 0.876. The van der Waals surface area contributed by atoms with E-state index in [-0.39, 0.29) is 0 Å². The second-order valence-corrected chi connectivity index (χ2v) is 15.2. The van der Waals surface area contributed by atoms with Crippen LogP contribution in [0, 0.1) is 6.92 Å². The number of pyridine rings is 1. The molecule has 0 fully saturated rings. The Balaban J connectivity index is 1.75. The van der Waals surface area contributed by atoms with Gasteiger partial charge in [-0.3, -0.25) is 4.98 Å². The fourth-order valence-electron chi connectivity index (χ4n) is 4.89. The van der Waals surface area contributed by atoms with Crippen LogP contribution in [0.1, 0.15) is 30.9 Å². The van der Waals surface area contributed by atoms with Crippen molar-refractivity contribution in [1.82, 2.24) is 4.98 Å². The molecule has 0 amide bonds. The first-order valence-electron chi connectivity index (χ1n) is 11.3. The molecule has 5 rings (SSSR count). The molecule has 32 heavy (non-hydrogen) atoms. The minimum absolute atomic E-state index is 0.462. The Labute approximate surface area is 195 Å². The summed E-state index contributed by atoms with van der Waals surface area (Å²) in [6.45, 7) is 11.8. The third-order valence-corrected chi connectivity index (χ3v) is 13.0. The zero-order valence-electron chi connectivity index (χ0n) is 19.4. The van der Waals surface area contributed by atoms with Crippen LogP contribution in [0.4, 0.5) is 0 Å². The monoisotopic (exact) mass is 451 g/mol. The molecule has 0 aliphatic heterocycles. The van der Waals surface area contributed by atoms with Crippen molar-refractivity contribution in [2.75, 3.05) is 0 Å². The highest BCUT2D eigenvalue weighted by Crippen LogP contribution is 2.37. The topological polar surface area (TPSA) is 12.9 Å². The van der Waals surface area contributed by atoms with Crippen LogP contribution in [0.15, 0.2) is 79.0 Å². The highest BCUT2D eigenvalue weighted by atomic mass is 32.1. The highest BCUT2D eigenvalue weighted by Gasteiger charge is 2.31. The molecule has 2 heterocycles. The van der Waals surface area contributed by atoms with E-state index in [2.05, 4.69) is 107 Å². The molecule has 0 aliphatic carbocycles. The van der Waals surface area contributed by atoms with Gasteiger partial charge in [0.05, 0.1) is 10.4 Å². The Morgan fingerprint density at radius 3 is 2.31 bits per heavy atom. The van der Waals surface area contributed by atoms with Crippen LogP contribution in [0.5, 0.6) is 0 Å².